The number of hydrogen-bond donors (Lipinski definition) is 0. The Kier molecular flexibility index (Phi) is 4.63. The third-order valence-electron chi connectivity index (χ3n) is 3.01. The maximum Gasteiger partial charge on any atom is 0.172 e. The van der Waals surface area contributed by atoms with Crippen LogP contribution in [0.2, 0.25) is 0 Å². The number of Topliss-reactive ketones (excluding diaryl/α,β-unsaturated/α-hetero) is 1. The van der Waals surface area contributed by atoms with Crippen LogP contribution in [0.1, 0.15) is 28.8 Å². The van der Waals surface area contributed by atoms with Crippen LogP contribution in [0.4, 0.5) is 0 Å². The van der Waals surface area contributed by atoms with E-state index in [0.29, 0.717) is 11.9 Å². The van der Waals surface area contributed by atoms with Gasteiger partial charge in [-0.05, 0) is 25.3 Å². The van der Waals surface area contributed by atoms with Crippen molar-refractivity contribution < 1.29 is 9.53 Å². The molecule has 1 aromatic carbocycles. The van der Waals surface area contributed by atoms with Gasteiger partial charge in [-0.15, -0.1) is 0 Å². The Morgan fingerprint density at radius 2 is 2.29 bits per heavy atom. The first-order chi connectivity index (χ1) is 8.27. The fraction of sp³-hybridized carbons (Fsp3) is 0.500. The number of carbonyl (C=O) groups excluding carboxylic acids is 1. The summed E-state index contributed by atoms with van der Waals surface area (Å²) in [7, 11) is 0. The Balaban J connectivity index is 1.79. The van der Waals surface area contributed by atoms with Gasteiger partial charge in [-0.1, -0.05) is 24.3 Å². The van der Waals surface area contributed by atoms with E-state index in [4.69, 9.17) is 4.74 Å². The molecule has 17 heavy (non-hydrogen) atoms. The third-order valence-corrected chi connectivity index (χ3v) is 4.08. The number of ketones is 1. The van der Waals surface area contributed by atoms with E-state index < -0.39 is 0 Å². The molecule has 1 aromatic rings. The summed E-state index contributed by atoms with van der Waals surface area (Å²) in [4.78, 5) is 12.0. The number of carbonyl (C=O) groups is 1. The number of thioether (sulfide) groups is 1. The highest BCUT2D eigenvalue weighted by molar-refractivity contribution is 8.00. The number of rotatable bonds is 5. The van der Waals surface area contributed by atoms with E-state index in [1.54, 1.807) is 11.8 Å². The van der Waals surface area contributed by atoms with Gasteiger partial charge >= 0.3 is 0 Å². The van der Waals surface area contributed by atoms with Crippen LogP contribution in [0.25, 0.3) is 0 Å². The first-order valence-corrected chi connectivity index (χ1v) is 7.21. The lowest BCUT2D eigenvalue weighted by atomic mass is 10.1. The fourth-order valence-corrected chi connectivity index (χ4v) is 3.01. The normalized spacial score (nSPS) is 19.5. The van der Waals surface area contributed by atoms with Gasteiger partial charge in [-0.3, -0.25) is 4.79 Å². The topological polar surface area (TPSA) is 26.3 Å². The van der Waals surface area contributed by atoms with Gasteiger partial charge in [-0.25, -0.2) is 0 Å². The van der Waals surface area contributed by atoms with Crippen LogP contribution < -0.4 is 0 Å². The zero-order chi connectivity index (χ0) is 12.1. The molecule has 2 nitrogen and oxygen atoms in total. The van der Waals surface area contributed by atoms with Crippen LogP contribution in [-0.2, 0) is 4.74 Å². The van der Waals surface area contributed by atoms with Crippen molar-refractivity contribution in [2.45, 2.75) is 25.9 Å². The first-order valence-electron chi connectivity index (χ1n) is 6.05. The summed E-state index contributed by atoms with van der Waals surface area (Å²) >= 11 is 1.69. The number of aryl methyl sites for hydroxylation is 1. The largest absolute Gasteiger partial charge is 0.377 e. The van der Waals surface area contributed by atoms with E-state index in [0.717, 1.165) is 36.3 Å². The Morgan fingerprint density at radius 1 is 1.47 bits per heavy atom. The van der Waals surface area contributed by atoms with E-state index in [9.17, 15) is 4.79 Å². The van der Waals surface area contributed by atoms with Gasteiger partial charge in [0.25, 0.3) is 0 Å². The van der Waals surface area contributed by atoms with Crippen molar-refractivity contribution in [3.8, 4) is 0 Å². The summed E-state index contributed by atoms with van der Waals surface area (Å²) in [5.41, 5.74) is 1.92. The minimum atomic E-state index is 0.228. The lowest BCUT2D eigenvalue weighted by molar-refractivity contribution is 0.102. The van der Waals surface area contributed by atoms with Gasteiger partial charge in [0, 0.05) is 17.9 Å². The zero-order valence-electron chi connectivity index (χ0n) is 10.1. The highest BCUT2D eigenvalue weighted by Gasteiger charge is 2.16. The van der Waals surface area contributed by atoms with Crippen LogP contribution in [-0.4, -0.2) is 30.0 Å². The van der Waals surface area contributed by atoms with Crippen molar-refractivity contribution in [3.63, 3.8) is 0 Å². The second kappa shape index (κ2) is 6.22. The van der Waals surface area contributed by atoms with Crippen LogP contribution in [0, 0.1) is 6.92 Å². The summed E-state index contributed by atoms with van der Waals surface area (Å²) in [6, 6.07) is 7.78. The van der Waals surface area contributed by atoms with Crippen molar-refractivity contribution in [1.29, 1.82) is 0 Å². The molecule has 1 saturated heterocycles. The number of hydrogen-bond acceptors (Lipinski definition) is 3. The molecular weight excluding hydrogens is 232 g/mol. The van der Waals surface area contributed by atoms with E-state index in [-0.39, 0.29) is 5.78 Å². The molecule has 1 fully saturated rings. The van der Waals surface area contributed by atoms with Gasteiger partial charge in [0.1, 0.15) is 0 Å². The maximum absolute atomic E-state index is 12.0. The van der Waals surface area contributed by atoms with Crippen LogP contribution in [0.3, 0.4) is 0 Å². The number of benzene rings is 1. The average Bonchev–Trinajstić information content (AvgIpc) is 2.82. The third kappa shape index (κ3) is 3.58. The second-order valence-corrected chi connectivity index (χ2v) is 5.42. The lowest BCUT2D eigenvalue weighted by Gasteiger charge is -2.08. The highest BCUT2D eigenvalue weighted by Crippen LogP contribution is 2.18. The SMILES string of the molecule is Cc1ccccc1C(=O)CSCC1CCCO1. The van der Waals surface area contributed by atoms with Gasteiger partial charge in [0.2, 0.25) is 0 Å². The predicted molar refractivity (Wildman–Crippen MR) is 71.8 cm³/mol. The molecule has 1 aliphatic rings. The minimum absolute atomic E-state index is 0.228. The number of ether oxygens (including phenoxy) is 1. The summed E-state index contributed by atoms with van der Waals surface area (Å²) in [5.74, 6) is 1.73. The predicted octanol–water partition coefficient (Wildman–Crippen LogP) is 3.09. The Bertz CT molecular complexity index is 384. The van der Waals surface area contributed by atoms with Crippen molar-refractivity contribution in [3.05, 3.63) is 35.4 Å². The molecule has 0 aromatic heterocycles. The quantitative estimate of drug-likeness (QED) is 0.751. The van der Waals surface area contributed by atoms with E-state index in [2.05, 4.69) is 0 Å². The Labute approximate surface area is 107 Å². The summed E-state index contributed by atoms with van der Waals surface area (Å²) in [6.07, 6.45) is 2.67. The molecule has 92 valence electrons. The van der Waals surface area contributed by atoms with Crippen molar-refractivity contribution >= 4 is 17.5 Å². The van der Waals surface area contributed by atoms with Crippen molar-refractivity contribution in [2.75, 3.05) is 18.1 Å². The maximum atomic E-state index is 12.0. The van der Waals surface area contributed by atoms with E-state index in [1.165, 1.54) is 0 Å². The van der Waals surface area contributed by atoms with Crippen LogP contribution in [0.5, 0.6) is 0 Å². The summed E-state index contributed by atoms with van der Waals surface area (Å²) in [6.45, 7) is 2.87. The van der Waals surface area contributed by atoms with Gasteiger partial charge in [0.15, 0.2) is 5.78 Å². The molecule has 1 atom stereocenters. The molecule has 2 rings (SSSR count). The smallest absolute Gasteiger partial charge is 0.172 e. The average molecular weight is 250 g/mol. The van der Waals surface area contributed by atoms with Crippen LogP contribution in [0.15, 0.2) is 24.3 Å². The van der Waals surface area contributed by atoms with Crippen LogP contribution >= 0.6 is 11.8 Å². The molecule has 3 heteroatoms. The Morgan fingerprint density at radius 3 is 3.00 bits per heavy atom. The van der Waals surface area contributed by atoms with Gasteiger partial charge in [0.05, 0.1) is 11.9 Å². The molecule has 0 amide bonds. The van der Waals surface area contributed by atoms with Crippen molar-refractivity contribution in [1.82, 2.24) is 0 Å². The van der Waals surface area contributed by atoms with Gasteiger partial charge < -0.3 is 4.74 Å². The highest BCUT2D eigenvalue weighted by atomic mass is 32.2. The molecule has 0 aliphatic carbocycles. The molecule has 0 spiro atoms. The lowest BCUT2D eigenvalue weighted by Crippen LogP contribution is -2.11. The molecular formula is C14H18O2S. The van der Waals surface area contributed by atoms with E-state index >= 15 is 0 Å². The molecule has 0 radical (unpaired) electrons. The van der Waals surface area contributed by atoms with Crippen molar-refractivity contribution in [2.24, 2.45) is 0 Å². The molecule has 1 heterocycles. The molecule has 0 saturated carbocycles. The zero-order valence-corrected chi connectivity index (χ0v) is 11.0. The molecule has 1 unspecified atom stereocenters. The molecule has 0 bridgehead atoms. The summed E-state index contributed by atoms with van der Waals surface area (Å²) < 4.78 is 5.53. The van der Waals surface area contributed by atoms with Gasteiger partial charge in [-0.2, -0.15) is 11.8 Å². The summed E-state index contributed by atoms with van der Waals surface area (Å²) in [5, 5.41) is 0. The minimum Gasteiger partial charge on any atom is -0.377 e. The first kappa shape index (κ1) is 12.7. The Hall–Kier alpha value is -0.800. The molecule has 0 N–H and O–H groups in total. The second-order valence-electron chi connectivity index (χ2n) is 4.39. The standard InChI is InChI=1S/C14H18O2S/c1-11-5-2-3-7-13(11)14(15)10-17-9-12-6-4-8-16-12/h2-3,5,7,12H,4,6,8-10H2,1H3. The van der Waals surface area contributed by atoms with E-state index in [1.807, 2.05) is 31.2 Å². The fourth-order valence-electron chi connectivity index (χ4n) is 2.02. The molecule has 1 aliphatic heterocycles. The monoisotopic (exact) mass is 250 g/mol.